The summed E-state index contributed by atoms with van der Waals surface area (Å²) in [6.45, 7) is 2.14. The average Bonchev–Trinajstić information content (AvgIpc) is 3.31. The van der Waals surface area contributed by atoms with Crippen LogP contribution in [0.25, 0.3) is 22.0 Å². The van der Waals surface area contributed by atoms with Crippen LogP contribution in [0.4, 0.5) is 5.13 Å². The number of anilines is 1. The van der Waals surface area contributed by atoms with E-state index >= 15 is 0 Å². The van der Waals surface area contributed by atoms with Crippen molar-refractivity contribution < 1.29 is 4.79 Å². The zero-order valence-electron chi connectivity index (χ0n) is 18.4. The summed E-state index contributed by atoms with van der Waals surface area (Å²) in [5, 5.41) is 17.8. The van der Waals surface area contributed by atoms with E-state index in [4.69, 9.17) is 0 Å². The quantitative estimate of drug-likeness (QED) is 0.274. The van der Waals surface area contributed by atoms with E-state index in [-0.39, 0.29) is 5.91 Å². The van der Waals surface area contributed by atoms with Gasteiger partial charge in [-0.05, 0) is 41.8 Å². The molecule has 4 rings (SSSR count). The van der Waals surface area contributed by atoms with Crippen LogP contribution in [0.2, 0.25) is 0 Å². The predicted octanol–water partition coefficient (Wildman–Crippen LogP) is 6.69. The third kappa shape index (κ3) is 5.98. The Kier molecular flexibility index (Phi) is 7.71. The Labute approximate surface area is 201 Å². The molecule has 0 aliphatic heterocycles. The van der Waals surface area contributed by atoms with Gasteiger partial charge in [0.05, 0.1) is 11.3 Å². The molecule has 0 saturated carbocycles. The van der Waals surface area contributed by atoms with E-state index in [1.807, 2.05) is 35.7 Å². The van der Waals surface area contributed by atoms with Crippen LogP contribution < -0.4 is 5.32 Å². The Morgan fingerprint density at radius 3 is 2.79 bits per heavy atom. The molecular formula is C26H24N4OS2. The highest BCUT2D eigenvalue weighted by atomic mass is 32.2. The Morgan fingerprint density at radius 2 is 1.97 bits per heavy atom. The first-order valence-corrected chi connectivity index (χ1v) is 12.8. The maximum Gasteiger partial charge on any atom is 0.226 e. The minimum atomic E-state index is -0.0949. The van der Waals surface area contributed by atoms with Crippen LogP contribution in [0.1, 0.15) is 37.4 Å². The third-order valence-electron chi connectivity index (χ3n) is 5.19. The molecule has 5 nitrogen and oxygen atoms in total. The minimum Gasteiger partial charge on any atom is -0.302 e. The Balaban J connectivity index is 1.33. The van der Waals surface area contributed by atoms with Gasteiger partial charge >= 0.3 is 0 Å². The molecule has 2 aromatic heterocycles. The number of fused-ring (bicyclic) bond motifs is 1. The number of thioether (sulfide) groups is 1. The molecule has 0 unspecified atom stereocenters. The first-order chi connectivity index (χ1) is 16.2. The lowest BCUT2D eigenvalue weighted by molar-refractivity contribution is -0.115. The van der Waals surface area contributed by atoms with Gasteiger partial charge in [-0.3, -0.25) is 4.79 Å². The molecule has 0 bridgehead atoms. The summed E-state index contributed by atoms with van der Waals surface area (Å²) in [5.74, 6) is 0.454. The van der Waals surface area contributed by atoms with Crippen LogP contribution in [-0.2, 0) is 11.2 Å². The highest BCUT2D eigenvalue weighted by Crippen LogP contribution is 2.28. The number of benzene rings is 2. The number of hydrogen-bond donors (Lipinski definition) is 1. The molecule has 0 aliphatic carbocycles. The number of thiazole rings is 1. The fourth-order valence-electron chi connectivity index (χ4n) is 3.41. The van der Waals surface area contributed by atoms with Gasteiger partial charge in [0.15, 0.2) is 5.13 Å². The summed E-state index contributed by atoms with van der Waals surface area (Å²) in [5.41, 5.74) is 3.42. The Hall–Kier alpha value is -3.21. The van der Waals surface area contributed by atoms with Crippen molar-refractivity contribution in [3.63, 3.8) is 0 Å². The molecule has 4 aromatic rings. The number of carbonyl (C=O) groups is 1. The number of nitrogens with zero attached hydrogens (tertiary/aromatic N) is 3. The smallest absolute Gasteiger partial charge is 0.226 e. The number of unbranched alkanes of at least 4 members (excludes halogenated alkanes) is 1. The van der Waals surface area contributed by atoms with E-state index in [0.29, 0.717) is 27.9 Å². The number of carbonyl (C=O) groups excluding carboxylic acids is 1. The van der Waals surface area contributed by atoms with Crippen LogP contribution in [0.15, 0.2) is 65.0 Å². The standard InChI is InChI=1S/C26H24N4OS2/c1-2-3-8-22-12-11-21(16-27)25(28-22)32-14-13-24(31)30-26-29-23(17-33-26)20-10-9-18-6-4-5-7-19(18)15-20/h4-7,9-12,15,17H,2-3,8,13-14H2,1H3,(H,29,30,31). The van der Waals surface area contributed by atoms with E-state index in [9.17, 15) is 10.1 Å². The minimum absolute atomic E-state index is 0.0949. The molecule has 0 spiro atoms. The third-order valence-corrected chi connectivity index (χ3v) is 6.94. The van der Waals surface area contributed by atoms with E-state index in [2.05, 4.69) is 52.5 Å². The fraction of sp³-hybridized carbons (Fsp3) is 0.231. The van der Waals surface area contributed by atoms with Crippen molar-refractivity contribution in [1.29, 1.82) is 5.26 Å². The van der Waals surface area contributed by atoms with Gasteiger partial charge in [-0.15, -0.1) is 23.1 Å². The highest BCUT2D eigenvalue weighted by Gasteiger charge is 2.11. The SMILES string of the molecule is CCCCc1ccc(C#N)c(SCCC(=O)Nc2nc(-c3ccc4ccccc4c3)cs2)n1. The molecule has 0 atom stereocenters. The molecule has 7 heteroatoms. The normalized spacial score (nSPS) is 10.8. The molecule has 0 radical (unpaired) electrons. The van der Waals surface area contributed by atoms with Gasteiger partial charge in [0.2, 0.25) is 5.91 Å². The van der Waals surface area contributed by atoms with Gasteiger partial charge in [-0.1, -0.05) is 49.7 Å². The van der Waals surface area contributed by atoms with Crippen molar-refractivity contribution in [3.05, 3.63) is 71.2 Å². The molecule has 33 heavy (non-hydrogen) atoms. The van der Waals surface area contributed by atoms with Crippen LogP contribution in [0, 0.1) is 11.3 Å². The van der Waals surface area contributed by atoms with Crippen molar-refractivity contribution in [1.82, 2.24) is 9.97 Å². The van der Waals surface area contributed by atoms with Gasteiger partial charge in [-0.2, -0.15) is 5.26 Å². The van der Waals surface area contributed by atoms with Gasteiger partial charge in [0.25, 0.3) is 0 Å². The fourth-order valence-corrected chi connectivity index (χ4v) is 5.07. The van der Waals surface area contributed by atoms with Gasteiger partial charge in [0.1, 0.15) is 11.1 Å². The predicted molar refractivity (Wildman–Crippen MR) is 137 cm³/mol. The molecule has 166 valence electrons. The Morgan fingerprint density at radius 1 is 1.12 bits per heavy atom. The number of pyridine rings is 1. The summed E-state index contributed by atoms with van der Waals surface area (Å²) in [6.07, 6.45) is 3.39. The van der Waals surface area contributed by atoms with Gasteiger partial charge < -0.3 is 5.32 Å². The molecule has 2 aromatic carbocycles. The first-order valence-electron chi connectivity index (χ1n) is 10.9. The van der Waals surface area contributed by atoms with Crippen molar-refractivity contribution >= 4 is 44.9 Å². The van der Waals surface area contributed by atoms with Crippen molar-refractivity contribution in [2.45, 2.75) is 37.6 Å². The second-order valence-electron chi connectivity index (χ2n) is 7.62. The van der Waals surface area contributed by atoms with Crippen molar-refractivity contribution in [3.8, 4) is 17.3 Å². The Bertz CT molecular complexity index is 1310. The van der Waals surface area contributed by atoms with Crippen LogP contribution in [0.5, 0.6) is 0 Å². The van der Waals surface area contributed by atoms with Crippen LogP contribution in [0.3, 0.4) is 0 Å². The lowest BCUT2D eigenvalue weighted by atomic mass is 10.1. The summed E-state index contributed by atoms with van der Waals surface area (Å²) in [4.78, 5) is 21.6. The van der Waals surface area contributed by atoms with Crippen LogP contribution in [-0.4, -0.2) is 21.6 Å². The lowest BCUT2D eigenvalue weighted by Gasteiger charge is -2.06. The maximum atomic E-state index is 12.4. The topological polar surface area (TPSA) is 78.7 Å². The zero-order chi connectivity index (χ0) is 23.0. The number of rotatable bonds is 9. The molecule has 0 fully saturated rings. The monoisotopic (exact) mass is 472 g/mol. The number of amides is 1. The maximum absolute atomic E-state index is 12.4. The largest absolute Gasteiger partial charge is 0.302 e. The second kappa shape index (κ2) is 11.1. The summed E-state index contributed by atoms with van der Waals surface area (Å²) >= 11 is 2.87. The van der Waals surface area contributed by atoms with Gasteiger partial charge in [0, 0.05) is 28.8 Å². The zero-order valence-corrected chi connectivity index (χ0v) is 20.0. The average molecular weight is 473 g/mol. The van der Waals surface area contributed by atoms with Crippen molar-refractivity contribution in [2.75, 3.05) is 11.1 Å². The van der Waals surface area contributed by atoms with Gasteiger partial charge in [-0.25, -0.2) is 9.97 Å². The lowest BCUT2D eigenvalue weighted by Crippen LogP contribution is -2.12. The molecule has 0 saturated heterocycles. The molecule has 0 aliphatic rings. The highest BCUT2D eigenvalue weighted by molar-refractivity contribution is 7.99. The number of hydrogen-bond acceptors (Lipinski definition) is 6. The molecular weight excluding hydrogens is 448 g/mol. The van der Waals surface area contributed by atoms with Crippen molar-refractivity contribution in [2.24, 2.45) is 0 Å². The molecule has 1 amide bonds. The summed E-state index contributed by atoms with van der Waals surface area (Å²) in [7, 11) is 0. The molecule has 2 heterocycles. The van der Waals surface area contributed by atoms with E-state index in [1.54, 1.807) is 0 Å². The molecule has 1 N–H and O–H groups in total. The number of nitrogens with one attached hydrogen (secondary N) is 1. The number of nitriles is 1. The second-order valence-corrected chi connectivity index (χ2v) is 9.56. The first kappa shape index (κ1) is 23.0. The van der Waals surface area contributed by atoms with E-state index < -0.39 is 0 Å². The van der Waals surface area contributed by atoms with E-state index in [0.717, 1.165) is 41.6 Å². The summed E-state index contributed by atoms with van der Waals surface area (Å²) < 4.78 is 0. The van der Waals surface area contributed by atoms with Crippen LogP contribution >= 0.6 is 23.1 Å². The van der Waals surface area contributed by atoms with E-state index in [1.165, 1.54) is 28.5 Å². The number of aromatic nitrogens is 2. The summed E-state index contributed by atoms with van der Waals surface area (Å²) in [6, 6.07) is 20.4. The number of aryl methyl sites for hydroxylation is 1.